The van der Waals surface area contributed by atoms with Gasteiger partial charge in [0, 0.05) is 23.9 Å². The van der Waals surface area contributed by atoms with Crippen molar-refractivity contribution in [2.45, 2.75) is 40.0 Å². The van der Waals surface area contributed by atoms with Crippen LogP contribution in [0.15, 0.2) is 56.7 Å². The number of halogens is 1. The number of hydrogen-bond acceptors (Lipinski definition) is 10. The van der Waals surface area contributed by atoms with Crippen molar-refractivity contribution in [1.82, 2.24) is 25.6 Å². The Morgan fingerprint density at radius 3 is 2.79 bits per heavy atom. The molecule has 0 saturated carbocycles. The smallest absolute Gasteiger partial charge is 0.272 e. The van der Waals surface area contributed by atoms with Crippen LogP contribution in [0.4, 0.5) is 4.39 Å². The molecule has 12 nitrogen and oxygen atoms in total. The van der Waals surface area contributed by atoms with Gasteiger partial charge in [0.2, 0.25) is 5.82 Å². The molecule has 1 aromatic carbocycles. The van der Waals surface area contributed by atoms with Gasteiger partial charge >= 0.3 is 0 Å². The molecule has 0 saturated heterocycles. The van der Waals surface area contributed by atoms with Gasteiger partial charge in [0.05, 0.1) is 30.2 Å². The Bertz CT molecular complexity index is 1360. The van der Waals surface area contributed by atoms with Crippen LogP contribution in [-0.4, -0.2) is 62.9 Å². The molecule has 1 amide bonds. The Morgan fingerprint density at radius 2 is 2.08 bits per heavy atom. The van der Waals surface area contributed by atoms with Crippen LogP contribution in [0.1, 0.15) is 51.4 Å². The van der Waals surface area contributed by atoms with E-state index in [1.165, 1.54) is 11.1 Å². The summed E-state index contributed by atoms with van der Waals surface area (Å²) >= 11 is 0. The van der Waals surface area contributed by atoms with Crippen molar-refractivity contribution in [3.8, 4) is 11.5 Å². The van der Waals surface area contributed by atoms with Gasteiger partial charge in [-0.05, 0) is 62.6 Å². The van der Waals surface area contributed by atoms with Crippen molar-refractivity contribution in [2.75, 3.05) is 19.8 Å². The van der Waals surface area contributed by atoms with Gasteiger partial charge < -0.3 is 9.47 Å². The van der Waals surface area contributed by atoms with Crippen molar-refractivity contribution in [1.29, 1.82) is 5.41 Å². The minimum atomic E-state index is -0.691. The second-order valence-electron chi connectivity index (χ2n) is 8.52. The molecule has 0 fully saturated rings. The lowest BCUT2D eigenvalue weighted by molar-refractivity contribution is -0.127. The Balaban J connectivity index is 1.55. The number of rotatable bonds is 9. The van der Waals surface area contributed by atoms with Crippen LogP contribution in [0.5, 0.6) is 11.5 Å². The lowest BCUT2D eigenvalue weighted by atomic mass is 9.91. The number of carbonyl (C=O) groups excluding carboxylic acids is 1. The maximum atomic E-state index is 15.1. The van der Waals surface area contributed by atoms with Crippen LogP contribution >= 0.6 is 0 Å². The van der Waals surface area contributed by atoms with E-state index in [9.17, 15) is 4.79 Å². The molecule has 0 spiro atoms. The fraction of sp³-hybridized carbons (Fsp3) is 0.400. The van der Waals surface area contributed by atoms with E-state index in [1.807, 2.05) is 39.0 Å². The third-order valence-electron chi connectivity index (χ3n) is 5.91. The molecule has 2 aromatic rings. The molecular weight excluding hydrogens is 493 g/mol. The molecule has 1 aliphatic heterocycles. The van der Waals surface area contributed by atoms with E-state index in [-0.39, 0.29) is 29.4 Å². The quantitative estimate of drug-likeness (QED) is 0.372. The Hall–Kier alpha value is -4.51. The number of ether oxygens (including phenoxy) is 2. The molecule has 1 aromatic heterocycles. The third-order valence-corrected chi connectivity index (χ3v) is 5.91. The molecule has 38 heavy (non-hydrogen) atoms. The van der Waals surface area contributed by atoms with Crippen LogP contribution in [0.25, 0.3) is 5.70 Å². The highest BCUT2D eigenvalue weighted by Gasteiger charge is 2.30. The predicted molar refractivity (Wildman–Crippen MR) is 136 cm³/mol. The number of azo groups is 1. The summed E-state index contributed by atoms with van der Waals surface area (Å²) in [5.74, 6) is 1.89. The maximum Gasteiger partial charge on any atom is 0.272 e. The fourth-order valence-corrected chi connectivity index (χ4v) is 4.06. The monoisotopic (exact) mass is 521 g/mol. The van der Waals surface area contributed by atoms with E-state index in [0.717, 1.165) is 11.3 Å². The topological polar surface area (TPSA) is 154 Å². The molecule has 4 rings (SSSR count). The first-order chi connectivity index (χ1) is 18.4. The van der Waals surface area contributed by atoms with Crippen molar-refractivity contribution in [2.24, 2.45) is 21.2 Å². The summed E-state index contributed by atoms with van der Waals surface area (Å²) in [6.45, 7) is 6.99. The number of allylic oxidation sites excluding steroid dienone is 3. The summed E-state index contributed by atoms with van der Waals surface area (Å²) in [5, 5.41) is 34.3. The van der Waals surface area contributed by atoms with Crippen molar-refractivity contribution >= 4 is 23.2 Å². The Morgan fingerprint density at radius 1 is 1.29 bits per heavy atom. The third kappa shape index (κ3) is 5.89. The number of nitrogens with zero attached hydrogens (tertiary/aromatic N) is 7. The SMILES string of the molecule is CCOc1ccc(C2=NN(C(=O)C3=C(F)C=C(N=NC(=C=N)c4nn[nH]n4)C(C)C3)CCC2)cc1OCC. The number of amides is 1. The molecule has 13 heteroatoms. The first kappa shape index (κ1) is 26.6. The number of nitrogens with one attached hydrogen (secondary N) is 2. The largest absolute Gasteiger partial charge is 0.490 e. The average molecular weight is 522 g/mol. The van der Waals surface area contributed by atoms with Crippen LogP contribution in [-0.2, 0) is 4.79 Å². The number of carbonyl (C=O) groups is 1. The van der Waals surface area contributed by atoms with E-state index >= 15 is 4.39 Å². The summed E-state index contributed by atoms with van der Waals surface area (Å²) in [6.07, 6.45) is 2.67. The number of aromatic nitrogens is 4. The minimum Gasteiger partial charge on any atom is -0.490 e. The van der Waals surface area contributed by atoms with Gasteiger partial charge in [0.15, 0.2) is 17.2 Å². The Labute approximate surface area is 218 Å². The molecule has 0 radical (unpaired) electrons. The van der Waals surface area contributed by atoms with E-state index in [2.05, 4.69) is 41.8 Å². The predicted octanol–water partition coefficient (Wildman–Crippen LogP) is 4.21. The first-order valence-electron chi connectivity index (χ1n) is 12.3. The number of aromatic amines is 1. The van der Waals surface area contributed by atoms with Gasteiger partial charge in [0.1, 0.15) is 5.83 Å². The van der Waals surface area contributed by atoms with Crippen LogP contribution in [0.2, 0.25) is 0 Å². The van der Waals surface area contributed by atoms with E-state index in [1.54, 1.807) is 0 Å². The zero-order valence-corrected chi connectivity index (χ0v) is 21.4. The summed E-state index contributed by atoms with van der Waals surface area (Å²) in [4.78, 5) is 13.3. The summed E-state index contributed by atoms with van der Waals surface area (Å²) in [6, 6.07) is 5.57. The van der Waals surface area contributed by atoms with Crippen molar-refractivity contribution < 1.29 is 18.7 Å². The number of tetrazole rings is 1. The van der Waals surface area contributed by atoms with Crippen molar-refractivity contribution in [3.05, 3.63) is 52.8 Å². The highest BCUT2D eigenvalue weighted by Crippen LogP contribution is 2.34. The minimum absolute atomic E-state index is 0.0316. The molecule has 1 unspecified atom stereocenters. The van der Waals surface area contributed by atoms with Gasteiger partial charge in [-0.3, -0.25) is 10.2 Å². The summed E-state index contributed by atoms with van der Waals surface area (Å²) in [7, 11) is 0. The molecule has 0 bridgehead atoms. The standard InChI is InChI=1S/C25H28FN9O3/c1-4-37-22-9-8-16(12-23(22)38-5-2)19-7-6-10-35(32-19)25(36)17-11-15(3)20(13-18(17)26)28-29-21(14-27)24-30-33-34-31-24/h8-9,12-13,15,27H,4-7,10-11H2,1-3H3,(H,30,31,33,34). The molecular formula is C25H28FN9O3. The number of H-pyrrole nitrogens is 1. The van der Waals surface area contributed by atoms with Crippen molar-refractivity contribution in [3.63, 3.8) is 0 Å². The van der Waals surface area contributed by atoms with Crippen LogP contribution < -0.4 is 9.47 Å². The zero-order chi connectivity index (χ0) is 27.1. The number of hydrazone groups is 1. The normalized spacial score (nSPS) is 17.7. The van der Waals surface area contributed by atoms with Gasteiger partial charge in [-0.25, -0.2) is 9.40 Å². The highest BCUT2D eigenvalue weighted by atomic mass is 19.1. The zero-order valence-electron chi connectivity index (χ0n) is 21.4. The lowest BCUT2D eigenvalue weighted by Crippen LogP contribution is -2.34. The van der Waals surface area contributed by atoms with Gasteiger partial charge in [0.25, 0.3) is 5.91 Å². The summed E-state index contributed by atoms with van der Waals surface area (Å²) < 4.78 is 26.5. The fourth-order valence-electron chi connectivity index (χ4n) is 4.06. The molecule has 1 atom stereocenters. The second kappa shape index (κ2) is 12.2. The Kier molecular flexibility index (Phi) is 8.49. The van der Waals surface area contributed by atoms with E-state index in [0.29, 0.717) is 49.8 Å². The number of hydrogen-bond donors (Lipinski definition) is 2. The van der Waals surface area contributed by atoms with Crippen LogP contribution in [0.3, 0.4) is 0 Å². The molecule has 2 N–H and O–H groups in total. The summed E-state index contributed by atoms with van der Waals surface area (Å²) in [5.41, 5.74) is 1.83. The van der Waals surface area contributed by atoms with E-state index < -0.39 is 11.7 Å². The molecule has 2 heterocycles. The van der Waals surface area contributed by atoms with Crippen LogP contribution in [0, 0.1) is 11.3 Å². The lowest BCUT2D eigenvalue weighted by Gasteiger charge is -2.27. The molecule has 198 valence electrons. The maximum absolute atomic E-state index is 15.1. The highest BCUT2D eigenvalue weighted by molar-refractivity contribution is 6.03. The van der Waals surface area contributed by atoms with Gasteiger partial charge in [-0.2, -0.15) is 15.4 Å². The first-order valence-corrected chi connectivity index (χ1v) is 12.3. The average Bonchev–Trinajstić information content (AvgIpc) is 3.46. The van der Waals surface area contributed by atoms with Gasteiger partial charge in [-0.1, -0.05) is 6.92 Å². The number of benzene rings is 1. The van der Waals surface area contributed by atoms with Gasteiger partial charge in [-0.15, -0.1) is 15.3 Å². The second-order valence-corrected chi connectivity index (χ2v) is 8.52. The molecule has 1 aliphatic carbocycles. The van der Waals surface area contributed by atoms with E-state index in [4.69, 9.17) is 14.9 Å². The molecule has 2 aliphatic rings.